The van der Waals surface area contributed by atoms with E-state index in [-0.39, 0.29) is 16.9 Å². The Morgan fingerprint density at radius 2 is 1.33 bits per heavy atom. The van der Waals surface area contributed by atoms with Gasteiger partial charge in [0, 0.05) is 24.8 Å². The van der Waals surface area contributed by atoms with Crippen LogP contribution in [0.4, 0.5) is 5.69 Å². The highest BCUT2D eigenvalue weighted by Crippen LogP contribution is 2.25. The molecule has 4 rings (SSSR count). The number of carbonyl (C=O) groups excluding carboxylic acids is 2. The first-order chi connectivity index (χ1) is 17.5. The van der Waals surface area contributed by atoms with E-state index >= 15 is 0 Å². The lowest BCUT2D eigenvalue weighted by atomic mass is 9.90. The van der Waals surface area contributed by atoms with E-state index in [0.717, 1.165) is 16.7 Å². The van der Waals surface area contributed by atoms with Crippen LogP contribution in [0.5, 0.6) is 0 Å². The number of rotatable bonds is 7. The number of amides is 2. The zero-order chi connectivity index (χ0) is 25.3. The largest absolute Gasteiger partial charge is 0.337 e. The molecule has 0 fully saturated rings. The average molecular weight is 494 g/mol. The smallest absolute Gasteiger partial charge is 0.253 e. The molecule has 4 aromatic carbocycles. The summed E-state index contributed by atoms with van der Waals surface area (Å²) in [6, 6.07) is 36.1. The number of thiocarbonyl (C=S) groups is 1. The molecule has 5 nitrogen and oxygen atoms in total. The minimum Gasteiger partial charge on any atom is -0.337 e. The zero-order valence-electron chi connectivity index (χ0n) is 19.9. The number of nitrogens with zero attached hydrogens (tertiary/aromatic N) is 1. The molecular weight excluding hydrogens is 466 g/mol. The van der Waals surface area contributed by atoms with E-state index in [0.29, 0.717) is 17.8 Å². The molecule has 0 atom stereocenters. The van der Waals surface area contributed by atoms with Crippen LogP contribution in [-0.4, -0.2) is 28.9 Å². The lowest BCUT2D eigenvalue weighted by molar-refractivity contribution is -0.120. The second kappa shape index (κ2) is 11.9. The molecule has 36 heavy (non-hydrogen) atoms. The fourth-order valence-corrected chi connectivity index (χ4v) is 4.23. The third-order valence-corrected chi connectivity index (χ3v) is 5.95. The van der Waals surface area contributed by atoms with Gasteiger partial charge in [-0.3, -0.25) is 9.59 Å². The molecule has 180 valence electrons. The Balaban J connectivity index is 1.43. The lowest BCUT2D eigenvalue weighted by Gasteiger charge is -2.19. The summed E-state index contributed by atoms with van der Waals surface area (Å²) in [6.45, 7) is 0.506. The van der Waals surface area contributed by atoms with Crippen molar-refractivity contribution >= 4 is 34.8 Å². The highest BCUT2D eigenvalue weighted by atomic mass is 32.1. The Bertz CT molecular complexity index is 1290. The maximum Gasteiger partial charge on any atom is 0.253 e. The molecule has 4 aromatic rings. The molecule has 0 heterocycles. The minimum absolute atomic E-state index is 0.106. The van der Waals surface area contributed by atoms with Crippen LogP contribution in [0.2, 0.25) is 0 Å². The van der Waals surface area contributed by atoms with E-state index in [2.05, 4.69) is 10.6 Å². The highest BCUT2D eigenvalue weighted by Gasteiger charge is 2.23. The predicted molar refractivity (Wildman–Crippen MR) is 148 cm³/mol. The van der Waals surface area contributed by atoms with E-state index in [9.17, 15) is 9.59 Å². The highest BCUT2D eigenvalue weighted by molar-refractivity contribution is 7.80. The molecule has 0 aliphatic rings. The quantitative estimate of drug-likeness (QED) is 0.329. The third kappa shape index (κ3) is 6.43. The molecule has 0 radical (unpaired) electrons. The van der Waals surface area contributed by atoms with Gasteiger partial charge in [-0.1, -0.05) is 97.1 Å². The van der Waals surface area contributed by atoms with Crippen LogP contribution in [0.25, 0.3) is 0 Å². The van der Waals surface area contributed by atoms with Gasteiger partial charge in [0.15, 0.2) is 5.11 Å². The second-order valence-electron chi connectivity index (χ2n) is 8.43. The Hall–Kier alpha value is -4.29. The molecule has 0 aliphatic carbocycles. The zero-order valence-corrected chi connectivity index (χ0v) is 20.7. The standard InChI is InChI=1S/C30H27N3O2S/c1-33(21-22-12-5-2-6-13-22)29(35)25-18-11-19-26(20-25)31-30(36)32-28(34)27(23-14-7-3-8-15-23)24-16-9-4-10-17-24/h2-20,27H,21H2,1H3,(H2,31,32,34,36). The van der Waals surface area contributed by atoms with Crippen molar-refractivity contribution in [3.8, 4) is 0 Å². The molecule has 0 unspecified atom stereocenters. The topological polar surface area (TPSA) is 61.4 Å². The van der Waals surface area contributed by atoms with Crippen LogP contribution >= 0.6 is 12.2 Å². The third-order valence-electron chi connectivity index (χ3n) is 5.74. The van der Waals surface area contributed by atoms with Gasteiger partial charge in [-0.2, -0.15) is 0 Å². The van der Waals surface area contributed by atoms with Crippen molar-refractivity contribution in [2.45, 2.75) is 12.5 Å². The van der Waals surface area contributed by atoms with Crippen molar-refractivity contribution in [1.29, 1.82) is 0 Å². The Kier molecular flexibility index (Phi) is 8.21. The van der Waals surface area contributed by atoms with Gasteiger partial charge in [0.25, 0.3) is 5.91 Å². The second-order valence-corrected chi connectivity index (χ2v) is 8.83. The lowest BCUT2D eigenvalue weighted by Crippen LogP contribution is -2.38. The van der Waals surface area contributed by atoms with Gasteiger partial charge in [-0.05, 0) is 47.1 Å². The molecule has 2 amide bonds. The summed E-state index contributed by atoms with van der Waals surface area (Å²) in [5, 5.41) is 6.02. The van der Waals surface area contributed by atoms with Gasteiger partial charge in [-0.25, -0.2) is 0 Å². The molecule has 0 bridgehead atoms. The molecular formula is C30H27N3O2S. The minimum atomic E-state index is -0.508. The molecule has 0 spiro atoms. The van der Waals surface area contributed by atoms with Gasteiger partial charge < -0.3 is 15.5 Å². The van der Waals surface area contributed by atoms with Gasteiger partial charge in [0.2, 0.25) is 5.91 Å². The maximum atomic E-state index is 13.3. The normalized spacial score (nSPS) is 10.5. The average Bonchev–Trinajstić information content (AvgIpc) is 2.90. The summed E-state index contributed by atoms with van der Waals surface area (Å²) in [5.74, 6) is -0.850. The van der Waals surface area contributed by atoms with Gasteiger partial charge in [0.05, 0.1) is 5.92 Å². The van der Waals surface area contributed by atoms with Crippen LogP contribution in [0.1, 0.15) is 33.0 Å². The monoisotopic (exact) mass is 493 g/mol. The number of benzene rings is 4. The first-order valence-electron chi connectivity index (χ1n) is 11.6. The first kappa shape index (κ1) is 24.8. The van der Waals surface area contributed by atoms with Crippen molar-refractivity contribution < 1.29 is 9.59 Å². The van der Waals surface area contributed by atoms with Crippen molar-refractivity contribution in [1.82, 2.24) is 10.2 Å². The first-order valence-corrected chi connectivity index (χ1v) is 12.0. The van der Waals surface area contributed by atoms with Gasteiger partial charge in [-0.15, -0.1) is 0 Å². The fraction of sp³-hybridized carbons (Fsp3) is 0.100. The SMILES string of the molecule is CN(Cc1ccccc1)C(=O)c1cccc(NC(=S)NC(=O)C(c2ccccc2)c2ccccc2)c1. The number of hydrogen-bond acceptors (Lipinski definition) is 3. The Morgan fingerprint density at radius 1 is 0.778 bits per heavy atom. The molecule has 2 N–H and O–H groups in total. The Labute approximate surface area is 216 Å². The number of carbonyl (C=O) groups is 2. The fourth-order valence-electron chi connectivity index (χ4n) is 4.01. The van der Waals surface area contributed by atoms with Crippen molar-refractivity contribution in [3.63, 3.8) is 0 Å². The van der Waals surface area contributed by atoms with Crippen LogP contribution in [-0.2, 0) is 11.3 Å². The molecule has 0 saturated carbocycles. The number of anilines is 1. The van der Waals surface area contributed by atoms with Crippen LogP contribution in [0.15, 0.2) is 115 Å². The summed E-state index contributed by atoms with van der Waals surface area (Å²) < 4.78 is 0. The van der Waals surface area contributed by atoms with Crippen LogP contribution < -0.4 is 10.6 Å². The number of hydrogen-bond donors (Lipinski definition) is 2. The summed E-state index contributed by atoms with van der Waals surface area (Å²) in [5.41, 5.74) is 3.95. The summed E-state index contributed by atoms with van der Waals surface area (Å²) in [6.07, 6.45) is 0. The van der Waals surface area contributed by atoms with Crippen molar-refractivity contribution in [2.75, 3.05) is 12.4 Å². The van der Waals surface area contributed by atoms with Crippen molar-refractivity contribution in [3.05, 3.63) is 138 Å². The molecule has 6 heteroatoms. The van der Waals surface area contributed by atoms with Crippen molar-refractivity contribution in [2.24, 2.45) is 0 Å². The van der Waals surface area contributed by atoms with Gasteiger partial charge >= 0.3 is 0 Å². The van der Waals surface area contributed by atoms with Crippen LogP contribution in [0.3, 0.4) is 0 Å². The number of nitrogens with one attached hydrogen (secondary N) is 2. The molecule has 0 aromatic heterocycles. The van der Waals surface area contributed by atoms with E-state index in [4.69, 9.17) is 12.2 Å². The van der Waals surface area contributed by atoms with E-state index in [1.807, 2.05) is 91.0 Å². The Morgan fingerprint density at radius 3 is 1.92 bits per heavy atom. The van der Waals surface area contributed by atoms with Gasteiger partial charge in [0.1, 0.15) is 0 Å². The maximum absolute atomic E-state index is 13.3. The summed E-state index contributed by atoms with van der Waals surface area (Å²) >= 11 is 5.44. The van der Waals surface area contributed by atoms with E-state index in [1.54, 1.807) is 36.2 Å². The summed E-state index contributed by atoms with van der Waals surface area (Å²) in [4.78, 5) is 27.9. The van der Waals surface area contributed by atoms with E-state index < -0.39 is 5.92 Å². The predicted octanol–water partition coefficient (Wildman–Crippen LogP) is 5.60. The molecule has 0 saturated heterocycles. The molecule has 0 aliphatic heterocycles. The van der Waals surface area contributed by atoms with E-state index in [1.165, 1.54) is 0 Å². The van der Waals surface area contributed by atoms with Crippen LogP contribution in [0, 0.1) is 0 Å². The summed E-state index contributed by atoms with van der Waals surface area (Å²) in [7, 11) is 1.77.